The van der Waals surface area contributed by atoms with Gasteiger partial charge in [-0.2, -0.15) is 0 Å². The SMILES string of the molecule is CC(C)(C)[Si](C)(C)[Si-][Si](C)(C)C(C)(C)C.CC(C)(C)[Si](C)(C)[Si-][Si](C)(C)C(C)(C)C.CCOCC.CCOCC.CCOCC.CCOCC.[Hg].[Li+].[Li+]. The Labute approximate surface area is 392 Å². The Morgan fingerprint density at radius 1 is 0.302 bits per heavy atom. The monoisotopic (exact) mass is 1030 g/mol. The fraction of sp³-hybridized carbons (Fsp3) is 1.00. The van der Waals surface area contributed by atoms with E-state index in [0.29, 0.717) is 20.2 Å². The van der Waals surface area contributed by atoms with E-state index in [9.17, 15) is 0 Å². The molecule has 0 aromatic heterocycles. The fourth-order valence-electron chi connectivity index (χ4n) is 3.13. The number of hydrogen-bond donors (Lipinski definition) is 0. The van der Waals surface area contributed by atoms with E-state index >= 15 is 0 Å². The van der Waals surface area contributed by atoms with Gasteiger partial charge in [0.05, 0.1) is 0 Å². The average molecular weight is 1030 g/mol. The minimum atomic E-state index is -1.06. The zero-order chi connectivity index (χ0) is 41.9. The van der Waals surface area contributed by atoms with Crippen LogP contribution in [-0.4, -0.2) is 100 Å². The molecule has 0 atom stereocenters. The molecule has 0 unspecified atom stereocenters. The zero-order valence-corrected chi connectivity index (χ0v) is 54.5. The summed E-state index contributed by atoms with van der Waals surface area (Å²) in [5.74, 6) is 0. The number of rotatable bonds is 12. The fourth-order valence-corrected chi connectivity index (χ4v) is 63.3. The van der Waals surface area contributed by atoms with Crippen LogP contribution in [0, 0.1) is 0 Å². The van der Waals surface area contributed by atoms with Crippen LogP contribution < -0.4 is 37.7 Å². The molecule has 2 radical (unpaired) electrons. The van der Waals surface area contributed by atoms with Gasteiger partial charge >= 0.3 is 37.7 Å². The number of ether oxygens (including phenoxy) is 4. The smallest absolute Gasteiger partial charge is 0.424 e. The van der Waals surface area contributed by atoms with E-state index in [4.69, 9.17) is 18.9 Å². The summed E-state index contributed by atoms with van der Waals surface area (Å²) in [7, 11) is -1.71. The summed E-state index contributed by atoms with van der Waals surface area (Å²) >= 11 is 0. The minimum absolute atomic E-state index is 0. The van der Waals surface area contributed by atoms with E-state index in [-0.39, 0.29) is 65.4 Å². The molecule has 0 N–H and O–H groups in total. The molecular weight excluding hydrogens is 927 g/mol. The Morgan fingerprint density at radius 2 is 0.396 bits per heavy atom. The van der Waals surface area contributed by atoms with Gasteiger partial charge in [0.2, 0.25) is 0 Å². The second-order valence-electron chi connectivity index (χ2n) is 18.9. The quantitative estimate of drug-likeness (QED) is 0.189. The van der Waals surface area contributed by atoms with Crippen molar-refractivity contribution in [2.24, 2.45) is 0 Å². The first kappa shape index (κ1) is 76.9. The van der Waals surface area contributed by atoms with Crippen LogP contribution in [-0.2, 0) is 46.6 Å². The van der Waals surface area contributed by atoms with Crippen molar-refractivity contribution < 1.29 is 84.3 Å². The molecular formula is C40H100HgLi2O4Si6. The zero-order valence-electron chi connectivity index (χ0n) is 43.0. The summed E-state index contributed by atoms with van der Waals surface area (Å²) in [6.07, 6.45) is 0. The molecule has 4 nitrogen and oxygen atoms in total. The van der Waals surface area contributed by atoms with E-state index in [2.05, 4.69) is 135 Å². The van der Waals surface area contributed by atoms with Crippen LogP contribution in [0.3, 0.4) is 0 Å². The molecule has 0 aromatic rings. The van der Waals surface area contributed by atoms with Crippen LogP contribution in [0.4, 0.5) is 0 Å². The summed E-state index contributed by atoms with van der Waals surface area (Å²) in [6.45, 7) is 72.7. The third kappa shape index (κ3) is 44.6. The van der Waals surface area contributed by atoms with E-state index in [1.165, 1.54) is 17.1 Å². The van der Waals surface area contributed by atoms with Crippen LogP contribution in [0.5, 0.6) is 0 Å². The van der Waals surface area contributed by atoms with E-state index in [0.717, 1.165) is 52.9 Å². The van der Waals surface area contributed by atoms with Crippen molar-refractivity contribution >= 4 is 47.5 Å². The normalized spacial score (nSPS) is 12.0. The van der Waals surface area contributed by atoms with Gasteiger partial charge in [0.25, 0.3) is 0 Å². The maximum atomic E-state index is 4.83. The maximum Gasteiger partial charge on any atom is 1.00 e. The average Bonchev–Trinajstić information content (AvgIpc) is 2.89. The van der Waals surface area contributed by atoms with Crippen LogP contribution in [0.2, 0.25) is 72.5 Å². The Hall–Kier alpha value is 3.27. The molecule has 0 bridgehead atoms. The van der Waals surface area contributed by atoms with Gasteiger partial charge in [-0.3, -0.25) is 0 Å². The molecule has 0 aliphatic carbocycles. The third-order valence-corrected chi connectivity index (χ3v) is 66.9. The molecule has 0 spiro atoms. The summed E-state index contributed by atoms with van der Waals surface area (Å²) in [5, 5.41) is 2.23. The predicted molar refractivity (Wildman–Crippen MR) is 249 cm³/mol. The van der Waals surface area contributed by atoms with Crippen LogP contribution >= 0.6 is 0 Å². The van der Waals surface area contributed by atoms with Crippen LogP contribution in [0.1, 0.15) is 138 Å². The summed E-state index contributed by atoms with van der Waals surface area (Å²) < 4.78 is 19.3. The topological polar surface area (TPSA) is 36.9 Å². The molecule has 13 heteroatoms. The van der Waals surface area contributed by atoms with Crippen LogP contribution in [0.15, 0.2) is 0 Å². The summed E-state index contributed by atoms with van der Waals surface area (Å²) in [4.78, 5) is 0. The van der Waals surface area contributed by atoms with Gasteiger partial charge in [-0.1, -0.05) is 156 Å². The molecule has 0 aromatic carbocycles. The van der Waals surface area contributed by atoms with E-state index in [1.807, 2.05) is 55.4 Å². The summed E-state index contributed by atoms with van der Waals surface area (Å²) in [6, 6.07) is 0. The van der Waals surface area contributed by atoms with Crippen molar-refractivity contribution in [3.63, 3.8) is 0 Å². The van der Waals surface area contributed by atoms with Crippen molar-refractivity contribution in [1.29, 1.82) is 0 Å². The van der Waals surface area contributed by atoms with Crippen molar-refractivity contribution in [2.75, 3.05) is 52.9 Å². The standard InChI is InChI=1S/2C12H30Si3.4C4H10O.Hg.2Li/c2*1-11(2,3)14(7,8)13-15(9,10)12(4,5)6;4*1-3-5-4-2;;;/h2*1-10H3;4*3-4H2,1-2H3;;;/q2*-1;;;;;;2*+1. The van der Waals surface area contributed by atoms with Gasteiger partial charge in [-0.05, 0) is 55.4 Å². The minimum Gasteiger partial charge on any atom is -0.424 e. The van der Waals surface area contributed by atoms with E-state index in [1.54, 1.807) is 0 Å². The molecule has 0 fully saturated rings. The molecule has 312 valence electrons. The Morgan fingerprint density at radius 3 is 0.434 bits per heavy atom. The van der Waals surface area contributed by atoms with E-state index < -0.39 is 30.4 Å². The summed E-state index contributed by atoms with van der Waals surface area (Å²) in [5.41, 5.74) is 0. The molecule has 0 saturated carbocycles. The first-order valence-electron chi connectivity index (χ1n) is 20.0. The molecule has 0 aliphatic heterocycles. The molecule has 0 aliphatic rings. The van der Waals surface area contributed by atoms with Crippen molar-refractivity contribution in [3.05, 3.63) is 0 Å². The second kappa shape index (κ2) is 38.2. The van der Waals surface area contributed by atoms with Crippen molar-refractivity contribution in [1.82, 2.24) is 0 Å². The molecule has 53 heavy (non-hydrogen) atoms. The van der Waals surface area contributed by atoms with Gasteiger partial charge in [-0.25, -0.2) is 0 Å². The second-order valence-corrected chi connectivity index (χ2v) is 59.4. The van der Waals surface area contributed by atoms with Gasteiger partial charge in [0.15, 0.2) is 0 Å². The Kier molecular flexibility index (Phi) is 55.5. The number of hydrogen-bond acceptors (Lipinski definition) is 4. The third-order valence-electron chi connectivity index (χ3n) is 10.4. The first-order chi connectivity index (χ1) is 22.1. The first-order valence-corrected chi connectivity index (χ1v) is 38.0. The Balaban J connectivity index is -0.0000000673. The van der Waals surface area contributed by atoms with Crippen LogP contribution in [0.25, 0.3) is 0 Å². The van der Waals surface area contributed by atoms with Gasteiger partial charge in [0, 0.05) is 80.5 Å². The van der Waals surface area contributed by atoms with Gasteiger partial charge in [0.1, 0.15) is 0 Å². The Bertz CT molecular complexity index is 619. The van der Waals surface area contributed by atoms with Gasteiger partial charge < -0.3 is 36.1 Å². The van der Waals surface area contributed by atoms with Gasteiger partial charge in [-0.15, -0.1) is 30.4 Å². The maximum absolute atomic E-state index is 4.83. The largest absolute Gasteiger partial charge is 1.00 e. The van der Waals surface area contributed by atoms with Crippen molar-refractivity contribution in [3.8, 4) is 0 Å². The molecule has 0 heterocycles. The molecule has 0 rings (SSSR count). The molecule has 0 saturated heterocycles. The molecule has 0 amide bonds. The predicted octanol–water partition coefficient (Wildman–Crippen LogP) is 7.58. The van der Waals surface area contributed by atoms with Crippen molar-refractivity contribution in [2.45, 2.75) is 211 Å².